The topological polar surface area (TPSA) is 86.8 Å². The average molecular weight is 448 g/mol. The number of nitrogens with zero attached hydrogens (tertiary/aromatic N) is 2. The summed E-state index contributed by atoms with van der Waals surface area (Å²) in [5.41, 5.74) is 1.71. The lowest BCUT2D eigenvalue weighted by Gasteiger charge is -2.31. The first-order chi connectivity index (χ1) is 14.8. The first-order valence-electron chi connectivity index (χ1n) is 11.5. The average Bonchev–Trinajstić information content (AvgIpc) is 3.55. The molecule has 31 heavy (non-hydrogen) atoms. The number of sulfonamides is 1. The number of fused-ring (bicyclic) bond motifs is 1. The third kappa shape index (κ3) is 4.80. The van der Waals surface area contributed by atoms with Crippen molar-refractivity contribution in [3.8, 4) is 0 Å². The van der Waals surface area contributed by atoms with Crippen LogP contribution in [-0.2, 0) is 26.0 Å². The van der Waals surface area contributed by atoms with Crippen molar-refractivity contribution in [1.29, 1.82) is 0 Å². The molecule has 4 rings (SSSR count). The fourth-order valence-corrected chi connectivity index (χ4v) is 5.94. The first-order valence-corrected chi connectivity index (χ1v) is 13.0. The minimum Gasteiger partial charge on any atom is -0.343 e. The van der Waals surface area contributed by atoms with Gasteiger partial charge in [-0.05, 0) is 62.8 Å². The summed E-state index contributed by atoms with van der Waals surface area (Å²) in [5, 5.41) is 0. The number of nitrogens with one attached hydrogen (secondary N) is 1. The Hall–Kier alpha value is -1.93. The van der Waals surface area contributed by atoms with E-state index in [1.807, 2.05) is 18.9 Å². The van der Waals surface area contributed by atoms with Gasteiger partial charge in [-0.15, -0.1) is 0 Å². The monoisotopic (exact) mass is 447 g/mol. The number of amides is 2. The van der Waals surface area contributed by atoms with Crippen LogP contribution < -0.4 is 9.62 Å². The summed E-state index contributed by atoms with van der Waals surface area (Å²) in [5.74, 6) is 0.259. The molecular formula is C23H33N3O4S. The quantitative estimate of drug-likeness (QED) is 0.696. The SMILES string of the molecule is C[C@@H]1Cc2cc(S(=O)(=O)NCCC(=O)N(C)C3CCCCC3)ccc2N1C(=O)C1CC1. The van der Waals surface area contributed by atoms with Gasteiger partial charge in [0, 0.05) is 43.7 Å². The Bertz CT molecular complexity index is 952. The minimum atomic E-state index is -3.71. The van der Waals surface area contributed by atoms with Crippen molar-refractivity contribution in [3.05, 3.63) is 23.8 Å². The molecule has 2 saturated carbocycles. The summed E-state index contributed by atoms with van der Waals surface area (Å²) in [7, 11) is -1.89. The summed E-state index contributed by atoms with van der Waals surface area (Å²) in [6.45, 7) is 2.08. The summed E-state index contributed by atoms with van der Waals surface area (Å²) in [4.78, 5) is 28.9. The van der Waals surface area contributed by atoms with Gasteiger partial charge >= 0.3 is 0 Å². The van der Waals surface area contributed by atoms with Crippen LogP contribution in [0.25, 0.3) is 0 Å². The van der Waals surface area contributed by atoms with Crippen molar-refractivity contribution in [3.63, 3.8) is 0 Å². The van der Waals surface area contributed by atoms with Crippen LogP contribution in [-0.4, -0.2) is 50.8 Å². The molecule has 2 aliphatic carbocycles. The van der Waals surface area contributed by atoms with E-state index in [4.69, 9.17) is 0 Å². The molecule has 3 aliphatic rings. The standard InChI is InChI=1S/C23H33N3O4S/c1-16-14-18-15-20(10-11-21(18)26(16)23(28)17-8-9-17)31(29,30)24-13-12-22(27)25(2)19-6-4-3-5-7-19/h10-11,15-17,19,24H,3-9,12-14H2,1-2H3/t16-/m1/s1. The van der Waals surface area contributed by atoms with Gasteiger partial charge in [0.15, 0.2) is 0 Å². The molecule has 1 N–H and O–H groups in total. The third-order valence-electron chi connectivity index (χ3n) is 6.89. The van der Waals surface area contributed by atoms with Crippen LogP contribution in [0.4, 0.5) is 5.69 Å². The van der Waals surface area contributed by atoms with Crippen molar-refractivity contribution >= 4 is 27.5 Å². The summed E-state index contributed by atoms with van der Waals surface area (Å²) in [6.07, 6.45) is 8.28. The van der Waals surface area contributed by atoms with E-state index in [-0.39, 0.29) is 47.7 Å². The minimum absolute atomic E-state index is 0.0217. The van der Waals surface area contributed by atoms with Gasteiger partial charge in [-0.3, -0.25) is 9.59 Å². The highest BCUT2D eigenvalue weighted by Gasteiger charge is 2.39. The predicted octanol–water partition coefficient (Wildman–Crippen LogP) is 2.83. The largest absolute Gasteiger partial charge is 0.343 e. The number of carbonyl (C=O) groups excluding carboxylic acids is 2. The summed E-state index contributed by atoms with van der Waals surface area (Å²) < 4.78 is 28.1. The van der Waals surface area contributed by atoms with Crippen molar-refractivity contribution in [2.45, 2.75) is 81.7 Å². The molecule has 1 atom stereocenters. The van der Waals surface area contributed by atoms with E-state index in [9.17, 15) is 18.0 Å². The zero-order chi connectivity index (χ0) is 22.2. The van der Waals surface area contributed by atoms with E-state index >= 15 is 0 Å². The summed E-state index contributed by atoms with van der Waals surface area (Å²) in [6, 6.07) is 5.29. The molecule has 170 valence electrons. The molecule has 0 bridgehead atoms. The predicted molar refractivity (Wildman–Crippen MR) is 119 cm³/mol. The molecule has 2 amide bonds. The summed E-state index contributed by atoms with van der Waals surface area (Å²) >= 11 is 0. The normalized spacial score (nSPS) is 21.7. The molecule has 1 aromatic carbocycles. The molecule has 0 saturated heterocycles. The molecular weight excluding hydrogens is 414 g/mol. The Morgan fingerprint density at radius 3 is 2.52 bits per heavy atom. The maximum Gasteiger partial charge on any atom is 0.240 e. The van der Waals surface area contributed by atoms with Crippen molar-refractivity contribution in [2.24, 2.45) is 5.92 Å². The van der Waals surface area contributed by atoms with Gasteiger partial charge in [-0.1, -0.05) is 19.3 Å². The Balaban J connectivity index is 1.36. The maximum absolute atomic E-state index is 12.8. The van der Waals surface area contributed by atoms with E-state index in [1.54, 1.807) is 23.1 Å². The lowest BCUT2D eigenvalue weighted by atomic mass is 9.94. The van der Waals surface area contributed by atoms with Crippen molar-refractivity contribution in [1.82, 2.24) is 9.62 Å². The Morgan fingerprint density at radius 2 is 1.84 bits per heavy atom. The fourth-order valence-electron chi connectivity index (χ4n) is 4.86. The number of hydrogen-bond donors (Lipinski definition) is 1. The molecule has 0 radical (unpaired) electrons. The second-order valence-corrected chi connectivity index (χ2v) is 11.0. The van der Waals surface area contributed by atoms with Gasteiger partial charge in [-0.2, -0.15) is 0 Å². The van der Waals surface area contributed by atoms with Gasteiger partial charge in [0.25, 0.3) is 0 Å². The Kier molecular flexibility index (Phi) is 6.40. The van der Waals surface area contributed by atoms with Crippen LogP contribution in [0, 0.1) is 5.92 Å². The maximum atomic E-state index is 12.8. The van der Waals surface area contributed by atoms with E-state index in [0.717, 1.165) is 49.8 Å². The van der Waals surface area contributed by atoms with E-state index in [1.165, 1.54) is 6.42 Å². The van der Waals surface area contributed by atoms with Crippen LogP contribution in [0.15, 0.2) is 23.1 Å². The fraction of sp³-hybridized carbons (Fsp3) is 0.652. The zero-order valence-corrected chi connectivity index (χ0v) is 19.3. The van der Waals surface area contributed by atoms with Crippen LogP contribution in [0.1, 0.15) is 63.9 Å². The van der Waals surface area contributed by atoms with Gasteiger partial charge in [-0.25, -0.2) is 13.1 Å². The zero-order valence-electron chi connectivity index (χ0n) is 18.5. The molecule has 0 spiro atoms. The number of rotatable bonds is 7. The smallest absolute Gasteiger partial charge is 0.240 e. The second kappa shape index (κ2) is 8.90. The van der Waals surface area contributed by atoms with Gasteiger partial charge < -0.3 is 9.80 Å². The molecule has 2 fully saturated rings. The second-order valence-electron chi connectivity index (χ2n) is 9.27. The van der Waals surface area contributed by atoms with Crippen molar-refractivity contribution in [2.75, 3.05) is 18.5 Å². The number of benzene rings is 1. The van der Waals surface area contributed by atoms with E-state index in [0.29, 0.717) is 6.42 Å². The number of carbonyl (C=O) groups is 2. The number of hydrogen-bond acceptors (Lipinski definition) is 4. The van der Waals surface area contributed by atoms with Crippen LogP contribution >= 0.6 is 0 Å². The highest BCUT2D eigenvalue weighted by Crippen LogP contribution is 2.39. The van der Waals surface area contributed by atoms with Crippen LogP contribution in [0.5, 0.6) is 0 Å². The van der Waals surface area contributed by atoms with E-state index in [2.05, 4.69) is 4.72 Å². The van der Waals surface area contributed by atoms with E-state index < -0.39 is 10.0 Å². The van der Waals surface area contributed by atoms with Crippen LogP contribution in [0.2, 0.25) is 0 Å². The van der Waals surface area contributed by atoms with Gasteiger partial charge in [0.1, 0.15) is 0 Å². The van der Waals surface area contributed by atoms with Crippen LogP contribution in [0.3, 0.4) is 0 Å². The molecule has 1 aromatic rings. The molecule has 0 aromatic heterocycles. The van der Waals surface area contributed by atoms with Crippen molar-refractivity contribution < 1.29 is 18.0 Å². The molecule has 1 heterocycles. The molecule has 8 heteroatoms. The Labute approximate surface area is 185 Å². The molecule has 7 nitrogen and oxygen atoms in total. The lowest BCUT2D eigenvalue weighted by molar-refractivity contribution is -0.132. The molecule has 0 unspecified atom stereocenters. The highest BCUT2D eigenvalue weighted by atomic mass is 32.2. The van der Waals surface area contributed by atoms with Gasteiger partial charge in [0.05, 0.1) is 4.90 Å². The highest BCUT2D eigenvalue weighted by molar-refractivity contribution is 7.89. The number of anilines is 1. The third-order valence-corrected chi connectivity index (χ3v) is 8.35. The lowest BCUT2D eigenvalue weighted by Crippen LogP contribution is -2.39. The first kappa shape index (κ1) is 22.3. The molecule has 1 aliphatic heterocycles. The Morgan fingerprint density at radius 1 is 1.13 bits per heavy atom. The van der Waals surface area contributed by atoms with Gasteiger partial charge in [0.2, 0.25) is 21.8 Å².